The molecule has 7 nitrogen and oxygen atoms in total. The third-order valence-electron chi connectivity index (χ3n) is 4.55. The van der Waals surface area contributed by atoms with Gasteiger partial charge in [-0.3, -0.25) is 14.3 Å². The van der Waals surface area contributed by atoms with E-state index >= 15 is 0 Å². The van der Waals surface area contributed by atoms with E-state index in [-0.39, 0.29) is 42.1 Å². The molecule has 7 heteroatoms. The average molecular weight is 342 g/mol. The predicted molar refractivity (Wildman–Crippen MR) is 92.3 cm³/mol. The lowest BCUT2D eigenvalue weighted by Crippen LogP contribution is -2.30. The zero-order valence-corrected chi connectivity index (χ0v) is 14.3. The van der Waals surface area contributed by atoms with Crippen LogP contribution < -0.4 is 10.6 Å². The molecule has 1 aliphatic rings. The second-order valence-corrected chi connectivity index (χ2v) is 6.28. The summed E-state index contributed by atoms with van der Waals surface area (Å²) in [6, 6.07) is 11.0. The highest BCUT2D eigenvalue weighted by molar-refractivity contribution is 5.98. The third-order valence-corrected chi connectivity index (χ3v) is 4.55. The fourth-order valence-electron chi connectivity index (χ4n) is 2.84. The van der Waals surface area contributed by atoms with Gasteiger partial charge >= 0.3 is 0 Å². The van der Waals surface area contributed by atoms with Gasteiger partial charge in [-0.05, 0) is 18.9 Å². The largest absolute Gasteiger partial charge is 0.396 e. The van der Waals surface area contributed by atoms with Crippen molar-refractivity contribution in [2.45, 2.75) is 25.4 Å². The van der Waals surface area contributed by atoms with Crippen molar-refractivity contribution < 1.29 is 14.7 Å². The number of hydrogen-bond donors (Lipinski definition) is 3. The van der Waals surface area contributed by atoms with E-state index in [0.717, 1.165) is 12.0 Å². The topological polar surface area (TPSA) is 96.3 Å². The molecule has 3 N–H and O–H groups in total. The molecule has 3 atom stereocenters. The van der Waals surface area contributed by atoms with Gasteiger partial charge in [0, 0.05) is 31.7 Å². The molecule has 0 aliphatic heterocycles. The van der Waals surface area contributed by atoms with Crippen LogP contribution in [0.3, 0.4) is 0 Å². The van der Waals surface area contributed by atoms with Crippen LogP contribution in [0.1, 0.15) is 45.9 Å². The normalized spacial score (nSPS) is 20.0. The third kappa shape index (κ3) is 3.56. The van der Waals surface area contributed by atoms with Gasteiger partial charge in [0.2, 0.25) is 0 Å². The van der Waals surface area contributed by atoms with Gasteiger partial charge in [0.25, 0.3) is 11.8 Å². The zero-order valence-electron chi connectivity index (χ0n) is 14.3. The van der Waals surface area contributed by atoms with E-state index in [1.807, 2.05) is 37.3 Å². The molecule has 1 aliphatic carbocycles. The lowest BCUT2D eigenvalue weighted by atomic mass is 10.1. The van der Waals surface area contributed by atoms with Crippen LogP contribution in [0, 0.1) is 5.92 Å². The van der Waals surface area contributed by atoms with E-state index in [0.29, 0.717) is 5.69 Å². The Balaban J connectivity index is 1.91. The predicted octanol–water partition coefficient (Wildman–Crippen LogP) is 0.963. The molecule has 3 rings (SSSR count). The van der Waals surface area contributed by atoms with Crippen LogP contribution in [0.4, 0.5) is 0 Å². The summed E-state index contributed by atoms with van der Waals surface area (Å²) in [5.74, 6) is -0.510. The number of aromatic nitrogens is 2. The number of rotatable bonds is 6. The molecule has 1 fully saturated rings. The van der Waals surface area contributed by atoms with Gasteiger partial charge in [-0.2, -0.15) is 5.10 Å². The minimum absolute atomic E-state index is 0.0173. The highest BCUT2D eigenvalue weighted by atomic mass is 16.3. The molecule has 0 radical (unpaired) electrons. The van der Waals surface area contributed by atoms with Crippen LogP contribution in [0.2, 0.25) is 0 Å². The number of amides is 2. The standard InChI is InChI=1S/C18H22N4O3/c1-11(12-6-4-3-5-7-12)22-16(9-15(21-22)17(24)19-2)18(25)20-14-8-13(14)10-23/h3-7,9,11,13-14,23H,8,10H2,1-2H3,(H,19,24)(H,20,25)/t11-,13+,14-/m0/s1. The molecule has 0 unspecified atom stereocenters. The van der Waals surface area contributed by atoms with Crippen molar-refractivity contribution in [1.82, 2.24) is 20.4 Å². The Hall–Kier alpha value is -2.67. The minimum atomic E-state index is -0.340. The van der Waals surface area contributed by atoms with E-state index in [1.54, 1.807) is 4.68 Å². The van der Waals surface area contributed by atoms with Crippen LogP contribution >= 0.6 is 0 Å². The van der Waals surface area contributed by atoms with Crippen molar-refractivity contribution >= 4 is 11.8 Å². The quantitative estimate of drug-likeness (QED) is 0.729. The lowest BCUT2D eigenvalue weighted by Gasteiger charge is -2.16. The molecule has 0 spiro atoms. The van der Waals surface area contributed by atoms with Gasteiger partial charge < -0.3 is 15.7 Å². The fourth-order valence-corrected chi connectivity index (χ4v) is 2.84. The molecule has 1 saturated carbocycles. The maximum atomic E-state index is 12.7. The Bertz CT molecular complexity index is 772. The Labute approximate surface area is 146 Å². The Kier molecular flexibility index (Phi) is 4.85. The molecule has 25 heavy (non-hydrogen) atoms. The molecule has 132 valence electrons. The first-order chi connectivity index (χ1) is 12.0. The van der Waals surface area contributed by atoms with Crippen molar-refractivity contribution in [3.63, 3.8) is 0 Å². The summed E-state index contributed by atoms with van der Waals surface area (Å²) in [5.41, 5.74) is 1.52. The fraction of sp³-hybridized carbons (Fsp3) is 0.389. The van der Waals surface area contributed by atoms with E-state index in [1.165, 1.54) is 13.1 Å². The minimum Gasteiger partial charge on any atom is -0.396 e. The smallest absolute Gasteiger partial charge is 0.271 e. The highest BCUT2D eigenvalue weighted by Crippen LogP contribution is 2.30. The Morgan fingerprint density at radius 2 is 2.04 bits per heavy atom. The first kappa shape index (κ1) is 17.2. The zero-order chi connectivity index (χ0) is 18.0. The first-order valence-corrected chi connectivity index (χ1v) is 8.33. The summed E-state index contributed by atoms with van der Waals surface area (Å²) >= 11 is 0. The second-order valence-electron chi connectivity index (χ2n) is 6.28. The van der Waals surface area contributed by atoms with Gasteiger partial charge in [-0.25, -0.2) is 0 Å². The number of benzene rings is 1. The summed E-state index contributed by atoms with van der Waals surface area (Å²) in [7, 11) is 1.53. The van der Waals surface area contributed by atoms with Crippen LogP contribution in [0.25, 0.3) is 0 Å². The summed E-state index contributed by atoms with van der Waals surface area (Å²) in [4.78, 5) is 24.6. The van der Waals surface area contributed by atoms with Gasteiger partial charge in [0.05, 0.1) is 6.04 Å². The molecule has 1 aromatic heterocycles. The number of carbonyl (C=O) groups excluding carboxylic acids is 2. The molecular weight excluding hydrogens is 320 g/mol. The van der Waals surface area contributed by atoms with Crippen molar-refractivity contribution in [2.24, 2.45) is 5.92 Å². The molecule has 1 aromatic carbocycles. The monoisotopic (exact) mass is 342 g/mol. The van der Waals surface area contributed by atoms with Crippen molar-refractivity contribution in [1.29, 1.82) is 0 Å². The first-order valence-electron chi connectivity index (χ1n) is 8.33. The molecule has 1 heterocycles. The number of carbonyl (C=O) groups is 2. The van der Waals surface area contributed by atoms with E-state index < -0.39 is 0 Å². The highest BCUT2D eigenvalue weighted by Gasteiger charge is 2.38. The van der Waals surface area contributed by atoms with E-state index in [2.05, 4.69) is 15.7 Å². The van der Waals surface area contributed by atoms with E-state index in [4.69, 9.17) is 5.11 Å². The van der Waals surface area contributed by atoms with Crippen LogP contribution in [0.15, 0.2) is 36.4 Å². The SMILES string of the molecule is CNC(=O)c1cc(C(=O)N[C@H]2C[C@@H]2CO)n([C@@H](C)c2ccccc2)n1. The molecule has 2 amide bonds. The van der Waals surface area contributed by atoms with Crippen molar-refractivity contribution in [3.05, 3.63) is 53.3 Å². The maximum absolute atomic E-state index is 12.7. The lowest BCUT2D eigenvalue weighted by molar-refractivity contribution is 0.0932. The Morgan fingerprint density at radius 1 is 1.32 bits per heavy atom. The van der Waals surface area contributed by atoms with E-state index in [9.17, 15) is 9.59 Å². The molecule has 2 aromatic rings. The second kappa shape index (κ2) is 7.06. The number of hydrogen-bond acceptors (Lipinski definition) is 4. The number of nitrogens with zero attached hydrogens (tertiary/aromatic N) is 2. The van der Waals surface area contributed by atoms with Gasteiger partial charge in [-0.1, -0.05) is 30.3 Å². The average Bonchev–Trinajstić information content (AvgIpc) is 3.24. The van der Waals surface area contributed by atoms with Crippen LogP contribution in [-0.4, -0.2) is 46.4 Å². The molecular formula is C18H22N4O3. The van der Waals surface area contributed by atoms with Crippen molar-refractivity contribution in [3.8, 4) is 0 Å². The summed E-state index contributed by atoms with van der Waals surface area (Å²) in [6.45, 7) is 1.99. The number of nitrogens with one attached hydrogen (secondary N) is 2. The van der Waals surface area contributed by atoms with Gasteiger partial charge in [0.15, 0.2) is 5.69 Å². The Morgan fingerprint density at radius 3 is 2.64 bits per heavy atom. The summed E-state index contributed by atoms with van der Waals surface area (Å²) < 4.78 is 1.57. The van der Waals surface area contributed by atoms with Gasteiger partial charge in [-0.15, -0.1) is 0 Å². The van der Waals surface area contributed by atoms with Crippen molar-refractivity contribution in [2.75, 3.05) is 13.7 Å². The molecule has 0 bridgehead atoms. The maximum Gasteiger partial charge on any atom is 0.271 e. The number of aliphatic hydroxyl groups is 1. The van der Waals surface area contributed by atoms with Crippen LogP contribution in [0.5, 0.6) is 0 Å². The summed E-state index contributed by atoms with van der Waals surface area (Å²) in [6.07, 6.45) is 0.771. The van der Waals surface area contributed by atoms with Gasteiger partial charge in [0.1, 0.15) is 5.69 Å². The molecule has 0 saturated heterocycles. The number of aliphatic hydroxyl groups excluding tert-OH is 1. The summed E-state index contributed by atoms with van der Waals surface area (Å²) in [5, 5.41) is 18.9. The van der Waals surface area contributed by atoms with Crippen LogP contribution in [-0.2, 0) is 0 Å².